The van der Waals surface area contributed by atoms with Crippen LogP contribution in [0.2, 0.25) is 0 Å². The van der Waals surface area contributed by atoms with Gasteiger partial charge in [0.25, 0.3) is 0 Å². The van der Waals surface area contributed by atoms with Gasteiger partial charge in [0.15, 0.2) is 0 Å². The van der Waals surface area contributed by atoms with Gasteiger partial charge in [-0.25, -0.2) is 13.4 Å². The van der Waals surface area contributed by atoms with Crippen molar-refractivity contribution in [1.82, 2.24) is 10.3 Å². The minimum absolute atomic E-state index is 0.319. The number of hydrogen-bond acceptors (Lipinski definition) is 5. The van der Waals surface area contributed by atoms with Crippen molar-refractivity contribution >= 4 is 21.2 Å². The number of nitrogens with one attached hydrogen (secondary N) is 1. The second-order valence-corrected chi connectivity index (χ2v) is 8.19. The third kappa shape index (κ3) is 3.52. The maximum atomic E-state index is 11.4. The maximum Gasteiger partial charge on any atom is 0.150 e. The van der Waals surface area contributed by atoms with Crippen molar-refractivity contribution in [2.75, 3.05) is 18.6 Å². The van der Waals surface area contributed by atoms with Crippen LogP contribution in [-0.2, 0) is 16.3 Å². The van der Waals surface area contributed by atoms with Crippen LogP contribution in [0.5, 0.6) is 0 Å². The summed E-state index contributed by atoms with van der Waals surface area (Å²) in [6.45, 7) is 2.13. The second-order valence-electron chi connectivity index (χ2n) is 5.00. The molecule has 1 aromatic heterocycles. The molecule has 1 aliphatic rings. The highest BCUT2D eigenvalue weighted by atomic mass is 32.2. The van der Waals surface area contributed by atoms with E-state index in [1.165, 1.54) is 0 Å². The average molecular weight is 288 g/mol. The highest BCUT2D eigenvalue weighted by Gasteiger charge is 2.26. The smallest absolute Gasteiger partial charge is 0.150 e. The first-order valence-electron chi connectivity index (χ1n) is 6.32. The van der Waals surface area contributed by atoms with E-state index in [4.69, 9.17) is 0 Å². The Labute approximate surface area is 113 Å². The molecule has 1 fully saturated rings. The quantitative estimate of drug-likeness (QED) is 0.914. The largest absolute Gasteiger partial charge is 0.317 e. The Morgan fingerprint density at radius 3 is 2.78 bits per heavy atom. The molecule has 18 heavy (non-hydrogen) atoms. The van der Waals surface area contributed by atoms with Gasteiger partial charge in [-0.1, -0.05) is 0 Å². The lowest BCUT2D eigenvalue weighted by molar-refractivity contribution is 0.547. The summed E-state index contributed by atoms with van der Waals surface area (Å²) >= 11 is 1.67. The summed E-state index contributed by atoms with van der Waals surface area (Å²) in [5.74, 6) is 0.982. The fourth-order valence-corrected chi connectivity index (χ4v) is 4.65. The number of rotatable bonds is 4. The fraction of sp³-hybridized carbons (Fsp3) is 0.750. The number of thiazole rings is 1. The monoisotopic (exact) mass is 288 g/mol. The molecular formula is C12H20N2O2S2. The van der Waals surface area contributed by atoms with Gasteiger partial charge >= 0.3 is 0 Å². The lowest BCUT2D eigenvalue weighted by Gasteiger charge is -2.19. The predicted octanol–water partition coefficient (Wildman–Crippen LogP) is 1.59. The van der Waals surface area contributed by atoms with Crippen molar-refractivity contribution in [3.05, 3.63) is 16.1 Å². The van der Waals surface area contributed by atoms with Crippen molar-refractivity contribution in [3.63, 3.8) is 0 Å². The summed E-state index contributed by atoms with van der Waals surface area (Å²) in [7, 11) is -0.825. The lowest BCUT2D eigenvalue weighted by atomic mass is 10.0. The van der Waals surface area contributed by atoms with E-state index >= 15 is 0 Å². The Hall–Kier alpha value is -0.460. The first-order chi connectivity index (χ1) is 8.50. The van der Waals surface area contributed by atoms with Gasteiger partial charge < -0.3 is 5.32 Å². The molecule has 1 saturated heterocycles. The minimum Gasteiger partial charge on any atom is -0.317 e. The molecule has 0 saturated carbocycles. The number of nitrogens with zero attached hydrogens (tertiary/aromatic N) is 1. The standard InChI is InChI=1S/C12H20N2O2S2/c1-9(13-2)7-11-8-17-12(14-11)10-3-5-18(15,16)6-4-10/h8-10,13H,3-7H2,1-2H3. The maximum absolute atomic E-state index is 11.4. The highest BCUT2D eigenvalue weighted by molar-refractivity contribution is 7.91. The predicted molar refractivity (Wildman–Crippen MR) is 75.0 cm³/mol. The van der Waals surface area contributed by atoms with Gasteiger partial charge in [0, 0.05) is 23.8 Å². The normalized spacial score (nSPS) is 21.9. The molecule has 1 aliphatic heterocycles. The van der Waals surface area contributed by atoms with Crippen molar-refractivity contribution in [3.8, 4) is 0 Å². The second kappa shape index (κ2) is 5.67. The van der Waals surface area contributed by atoms with Crippen molar-refractivity contribution < 1.29 is 8.42 Å². The summed E-state index contributed by atoms with van der Waals surface area (Å²) < 4.78 is 22.8. The van der Waals surface area contributed by atoms with Crippen LogP contribution in [-0.4, -0.2) is 38.0 Å². The summed E-state index contributed by atoms with van der Waals surface area (Å²) in [4.78, 5) is 4.65. The van der Waals surface area contributed by atoms with Gasteiger partial charge in [0.1, 0.15) is 9.84 Å². The minimum atomic E-state index is -2.77. The molecule has 1 unspecified atom stereocenters. The van der Waals surface area contributed by atoms with Crippen molar-refractivity contribution in [2.24, 2.45) is 0 Å². The molecular weight excluding hydrogens is 268 g/mol. The molecule has 4 nitrogen and oxygen atoms in total. The van der Waals surface area contributed by atoms with Crippen LogP contribution in [0, 0.1) is 0 Å². The third-order valence-electron chi connectivity index (χ3n) is 3.48. The zero-order valence-corrected chi connectivity index (χ0v) is 12.5. The van der Waals surface area contributed by atoms with Crippen LogP contribution in [0.4, 0.5) is 0 Å². The molecule has 102 valence electrons. The Bertz CT molecular complexity index is 482. The number of sulfone groups is 1. The van der Waals surface area contributed by atoms with Crippen LogP contribution < -0.4 is 5.32 Å². The van der Waals surface area contributed by atoms with Gasteiger partial charge in [0.2, 0.25) is 0 Å². The van der Waals surface area contributed by atoms with Crippen LogP contribution >= 0.6 is 11.3 Å². The summed E-state index contributed by atoms with van der Waals surface area (Å²) in [6.07, 6.45) is 2.39. The van der Waals surface area contributed by atoms with Gasteiger partial charge in [-0.2, -0.15) is 0 Å². The summed E-state index contributed by atoms with van der Waals surface area (Å²) in [6, 6.07) is 0.423. The molecule has 0 spiro atoms. The molecule has 6 heteroatoms. The van der Waals surface area contributed by atoms with Crippen molar-refractivity contribution in [2.45, 2.75) is 38.1 Å². The zero-order valence-electron chi connectivity index (χ0n) is 10.8. The molecule has 0 bridgehead atoms. The number of aromatic nitrogens is 1. The fourth-order valence-electron chi connectivity index (χ4n) is 2.16. The van der Waals surface area contributed by atoms with E-state index in [2.05, 4.69) is 22.6 Å². The average Bonchev–Trinajstić information content (AvgIpc) is 2.77. The topological polar surface area (TPSA) is 59.1 Å². The Morgan fingerprint density at radius 1 is 1.50 bits per heavy atom. The third-order valence-corrected chi connectivity index (χ3v) is 6.25. The molecule has 1 atom stereocenters. The van der Waals surface area contributed by atoms with Crippen LogP contribution in [0.1, 0.15) is 36.4 Å². The SMILES string of the molecule is CNC(C)Cc1csc(C2CCS(=O)(=O)CC2)n1. The van der Waals surface area contributed by atoms with E-state index in [0.29, 0.717) is 23.5 Å². The first-order valence-corrected chi connectivity index (χ1v) is 9.02. The van der Waals surface area contributed by atoms with E-state index in [1.807, 2.05) is 7.05 Å². The molecule has 0 aromatic carbocycles. The van der Waals surface area contributed by atoms with Gasteiger partial charge in [-0.05, 0) is 26.8 Å². The van der Waals surface area contributed by atoms with Crippen LogP contribution in [0.25, 0.3) is 0 Å². The summed E-state index contributed by atoms with van der Waals surface area (Å²) in [5, 5.41) is 6.42. The van der Waals surface area contributed by atoms with Gasteiger partial charge in [0.05, 0.1) is 22.2 Å². The van der Waals surface area contributed by atoms with Gasteiger partial charge in [-0.3, -0.25) is 0 Å². The Morgan fingerprint density at radius 2 is 2.17 bits per heavy atom. The summed E-state index contributed by atoms with van der Waals surface area (Å²) in [5.41, 5.74) is 1.12. The molecule has 0 amide bonds. The molecule has 2 rings (SSSR count). The lowest BCUT2D eigenvalue weighted by Crippen LogP contribution is -2.24. The number of likely N-dealkylation sites (N-methyl/N-ethyl adjacent to an activating group) is 1. The van der Waals surface area contributed by atoms with Crippen LogP contribution in [0.15, 0.2) is 5.38 Å². The molecule has 2 heterocycles. The zero-order chi connectivity index (χ0) is 13.2. The molecule has 1 aromatic rings. The molecule has 0 aliphatic carbocycles. The van der Waals surface area contributed by atoms with Crippen LogP contribution in [0.3, 0.4) is 0 Å². The van der Waals surface area contributed by atoms with E-state index in [-0.39, 0.29) is 0 Å². The van der Waals surface area contributed by atoms with Gasteiger partial charge in [-0.15, -0.1) is 11.3 Å². The van der Waals surface area contributed by atoms with E-state index in [0.717, 1.165) is 30.0 Å². The first kappa shape index (κ1) is 14.0. The Balaban J connectivity index is 1.98. The number of hydrogen-bond donors (Lipinski definition) is 1. The van der Waals surface area contributed by atoms with E-state index < -0.39 is 9.84 Å². The molecule has 1 N–H and O–H groups in total. The van der Waals surface area contributed by atoms with E-state index in [1.54, 1.807) is 11.3 Å². The van der Waals surface area contributed by atoms with E-state index in [9.17, 15) is 8.42 Å². The highest BCUT2D eigenvalue weighted by Crippen LogP contribution is 2.31. The molecule has 0 radical (unpaired) electrons. The van der Waals surface area contributed by atoms with Crippen molar-refractivity contribution in [1.29, 1.82) is 0 Å². The Kier molecular flexibility index (Phi) is 4.40.